The normalized spacial score (nSPS) is 14.5. The molecule has 0 aliphatic carbocycles. The van der Waals surface area contributed by atoms with E-state index in [2.05, 4.69) is 25.8 Å². The van der Waals surface area contributed by atoms with Crippen molar-refractivity contribution in [3.8, 4) is 0 Å². The average molecular weight is 409 g/mol. The van der Waals surface area contributed by atoms with Gasteiger partial charge in [0.15, 0.2) is 0 Å². The van der Waals surface area contributed by atoms with Crippen molar-refractivity contribution in [3.05, 3.63) is 69.9 Å². The number of H-pyrrole nitrogens is 1. The first-order valence-corrected chi connectivity index (χ1v) is 9.87. The molecule has 0 radical (unpaired) electrons. The second-order valence-corrected chi connectivity index (χ2v) is 7.79. The summed E-state index contributed by atoms with van der Waals surface area (Å²) in [6.45, 7) is 3.07. The SMILES string of the molecule is CN(C)Cc1ccc(N2CCN(C(=O)c3cc4cc(F)ccc4[nH]c3=O)CC2)nc1. The number of amides is 1. The molecule has 1 aliphatic rings. The fourth-order valence-electron chi connectivity index (χ4n) is 3.71. The number of hydrogen-bond acceptors (Lipinski definition) is 5. The lowest BCUT2D eigenvalue weighted by Crippen LogP contribution is -2.49. The van der Waals surface area contributed by atoms with Gasteiger partial charge in [0.2, 0.25) is 0 Å². The van der Waals surface area contributed by atoms with Crippen LogP contribution in [0.1, 0.15) is 15.9 Å². The van der Waals surface area contributed by atoms with E-state index in [1.165, 1.54) is 24.3 Å². The van der Waals surface area contributed by atoms with Crippen molar-refractivity contribution in [3.63, 3.8) is 0 Å². The number of aromatic amines is 1. The van der Waals surface area contributed by atoms with Crippen LogP contribution in [0.2, 0.25) is 0 Å². The van der Waals surface area contributed by atoms with Crippen LogP contribution in [-0.4, -0.2) is 65.9 Å². The van der Waals surface area contributed by atoms with Crippen LogP contribution in [0.4, 0.5) is 10.2 Å². The molecule has 2 aromatic heterocycles. The molecule has 1 aromatic carbocycles. The number of nitrogens with zero attached hydrogens (tertiary/aromatic N) is 4. The molecule has 0 unspecified atom stereocenters. The van der Waals surface area contributed by atoms with Gasteiger partial charge < -0.3 is 19.7 Å². The van der Waals surface area contributed by atoms with Gasteiger partial charge in [0, 0.05) is 49.8 Å². The van der Waals surface area contributed by atoms with Gasteiger partial charge >= 0.3 is 0 Å². The van der Waals surface area contributed by atoms with E-state index in [9.17, 15) is 14.0 Å². The van der Waals surface area contributed by atoms with Crippen molar-refractivity contribution in [1.82, 2.24) is 19.8 Å². The van der Waals surface area contributed by atoms with Crippen molar-refractivity contribution >= 4 is 22.6 Å². The first-order chi connectivity index (χ1) is 14.4. The molecule has 1 fully saturated rings. The Morgan fingerprint density at radius 3 is 2.57 bits per heavy atom. The number of halogens is 1. The highest BCUT2D eigenvalue weighted by Crippen LogP contribution is 2.17. The zero-order chi connectivity index (χ0) is 21.3. The summed E-state index contributed by atoms with van der Waals surface area (Å²) in [5.74, 6) is 0.130. The van der Waals surface area contributed by atoms with Crippen molar-refractivity contribution < 1.29 is 9.18 Å². The van der Waals surface area contributed by atoms with E-state index in [1.54, 1.807) is 4.90 Å². The van der Waals surface area contributed by atoms with Gasteiger partial charge in [-0.15, -0.1) is 0 Å². The molecule has 3 aromatic rings. The van der Waals surface area contributed by atoms with Crippen molar-refractivity contribution in [1.29, 1.82) is 0 Å². The van der Waals surface area contributed by atoms with Gasteiger partial charge in [-0.1, -0.05) is 6.07 Å². The molecule has 1 aliphatic heterocycles. The predicted molar refractivity (Wildman–Crippen MR) is 114 cm³/mol. The first-order valence-electron chi connectivity index (χ1n) is 9.87. The third-order valence-corrected chi connectivity index (χ3v) is 5.24. The highest BCUT2D eigenvalue weighted by Gasteiger charge is 2.25. The summed E-state index contributed by atoms with van der Waals surface area (Å²) in [7, 11) is 4.03. The Hall–Kier alpha value is -3.26. The maximum atomic E-state index is 13.5. The summed E-state index contributed by atoms with van der Waals surface area (Å²) in [5.41, 5.74) is 1.23. The Labute approximate surface area is 173 Å². The van der Waals surface area contributed by atoms with Gasteiger partial charge in [-0.3, -0.25) is 9.59 Å². The highest BCUT2D eigenvalue weighted by molar-refractivity contribution is 5.97. The molecule has 1 N–H and O–H groups in total. The zero-order valence-corrected chi connectivity index (χ0v) is 17.1. The Bertz CT molecular complexity index is 1120. The van der Waals surface area contributed by atoms with E-state index >= 15 is 0 Å². The summed E-state index contributed by atoms with van der Waals surface area (Å²) in [6.07, 6.45) is 1.88. The van der Waals surface area contributed by atoms with Crippen LogP contribution in [0, 0.1) is 5.82 Å². The molecular weight excluding hydrogens is 385 g/mol. The van der Waals surface area contributed by atoms with Crippen LogP contribution in [-0.2, 0) is 6.54 Å². The van der Waals surface area contributed by atoms with E-state index in [0.717, 1.165) is 17.9 Å². The maximum Gasteiger partial charge on any atom is 0.261 e. The second-order valence-electron chi connectivity index (χ2n) is 7.79. The van der Waals surface area contributed by atoms with Gasteiger partial charge in [0.25, 0.3) is 11.5 Å². The number of piperazine rings is 1. The highest BCUT2D eigenvalue weighted by atomic mass is 19.1. The number of hydrogen-bond donors (Lipinski definition) is 1. The minimum Gasteiger partial charge on any atom is -0.353 e. The lowest BCUT2D eigenvalue weighted by Gasteiger charge is -2.35. The van der Waals surface area contributed by atoms with Crippen molar-refractivity contribution in [2.45, 2.75) is 6.54 Å². The Balaban J connectivity index is 1.45. The van der Waals surface area contributed by atoms with Crippen LogP contribution in [0.15, 0.2) is 47.4 Å². The van der Waals surface area contributed by atoms with Gasteiger partial charge in [-0.05, 0) is 50.0 Å². The largest absolute Gasteiger partial charge is 0.353 e. The quantitative estimate of drug-likeness (QED) is 0.714. The molecule has 1 amide bonds. The number of rotatable bonds is 4. The third-order valence-electron chi connectivity index (χ3n) is 5.24. The summed E-state index contributed by atoms with van der Waals surface area (Å²) in [6, 6.07) is 9.62. The van der Waals surface area contributed by atoms with Gasteiger partial charge in [-0.25, -0.2) is 9.37 Å². The number of nitrogens with one attached hydrogen (secondary N) is 1. The van der Waals surface area contributed by atoms with E-state index in [-0.39, 0.29) is 11.5 Å². The van der Waals surface area contributed by atoms with E-state index in [1.807, 2.05) is 26.4 Å². The fourth-order valence-corrected chi connectivity index (χ4v) is 3.71. The van der Waals surface area contributed by atoms with E-state index in [0.29, 0.717) is 37.1 Å². The molecule has 3 heterocycles. The smallest absolute Gasteiger partial charge is 0.261 e. The number of carbonyl (C=O) groups excluding carboxylic acids is 1. The summed E-state index contributed by atoms with van der Waals surface area (Å²) in [4.78, 5) is 38.4. The number of carbonyl (C=O) groups is 1. The number of anilines is 1. The van der Waals surface area contributed by atoms with Crippen LogP contribution in [0.3, 0.4) is 0 Å². The fraction of sp³-hybridized carbons (Fsp3) is 0.318. The molecule has 4 rings (SSSR count). The monoisotopic (exact) mass is 409 g/mol. The van der Waals surface area contributed by atoms with Crippen LogP contribution < -0.4 is 10.5 Å². The van der Waals surface area contributed by atoms with Crippen molar-refractivity contribution in [2.75, 3.05) is 45.2 Å². The molecular formula is C22H24FN5O2. The molecule has 0 atom stereocenters. The standard InChI is InChI=1S/C22H24FN5O2/c1-26(2)14-15-3-6-20(24-13-15)27-7-9-28(10-8-27)22(30)18-12-16-11-17(23)4-5-19(16)25-21(18)29/h3-6,11-13H,7-10,14H2,1-2H3,(H,25,29). The van der Waals surface area contributed by atoms with Crippen LogP contribution >= 0.6 is 0 Å². The van der Waals surface area contributed by atoms with Gasteiger partial charge in [-0.2, -0.15) is 0 Å². The molecule has 1 saturated heterocycles. The lowest BCUT2D eigenvalue weighted by molar-refractivity contribution is 0.0745. The number of pyridine rings is 2. The minimum absolute atomic E-state index is 0.0349. The predicted octanol–water partition coefficient (Wildman–Crippen LogP) is 2.09. The van der Waals surface area contributed by atoms with Gasteiger partial charge in [0.05, 0.1) is 0 Å². The molecule has 0 spiro atoms. The van der Waals surface area contributed by atoms with Crippen LogP contribution in [0.25, 0.3) is 10.9 Å². The zero-order valence-electron chi connectivity index (χ0n) is 17.1. The Morgan fingerprint density at radius 2 is 1.90 bits per heavy atom. The van der Waals surface area contributed by atoms with E-state index < -0.39 is 11.4 Å². The molecule has 30 heavy (non-hydrogen) atoms. The van der Waals surface area contributed by atoms with Crippen molar-refractivity contribution in [2.24, 2.45) is 0 Å². The average Bonchev–Trinajstić information content (AvgIpc) is 2.73. The molecule has 7 nitrogen and oxygen atoms in total. The topological polar surface area (TPSA) is 72.5 Å². The first kappa shape index (κ1) is 20.0. The molecule has 0 saturated carbocycles. The minimum atomic E-state index is -0.459. The number of benzene rings is 1. The van der Waals surface area contributed by atoms with E-state index in [4.69, 9.17) is 0 Å². The number of aromatic nitrogens is 2. The molecule has 0 bridgehead atoms. The Morgan fingerprint density at radius 1 is 1.13 bits per heavy atom. The lowest BCUT2D eigenvalue weighted by atomic mass is 10.1. The summed E-state index contributed by atoms with van der Waals surface area (Å²) in [5, 5.41) is 0.499. The molecule has 8 heteroatoms. The second kappa shape index (κ2) is 8.23. The maximum absolute atomic E-state index is 13.5. The molecule has 156 valence electrons. The third kappa shape index (κ3) is 4.18. The number of fused-ring (bicyclic) bond motifs is 1. The Kier molecular flexibility index (Phi) is 5.50. The summed E-state index contributed by atoms with van der Waals surface area (Å²) < 4.78 is 13.5. The van der Waals surface area contributed by atoms with Crippen LogP contribution in [0.5, 0.6) is 0 Å². The summed E-state index contributed by atoms with van der Waals surface area (Å²) >= 11 is 0. The van der Waals surface area contributed by atoms with Gasteiger partial charge in [0.1, 0.15) is 17.2 Å².